The van der Waals surface area contributed by atoms with Gasteiger partial charge in [-0.3, -0.25) is 14.8 Å². The molecule has 0 amide bonds. The number of carboxylic acids is 1. The van der Waals surface area contributed by atoms with Gasteiger partial charge < -0.3 is 10.4 Å². The molecular weight excluding hydrogens is 252 g/mol. The number of rotatable bonds is 4. The van der Waals surface area contributed by atoms with Crippen molar-refractivity contribution >= 4 is 23.2 Å². The highest BCUT2D eigenvalue weighted by Gasteiger charge is 2.17. The van der Waals surface area contributed by atoms with Gasteiger partial charge in [0.25, 0.3) is 5.69 Å². The Hall–Kier alpha value is -2.90. The fourth-order valence-corrected chi connectivity index (χ4v) is 1.54. The number of nitrogens with zero attached hydrogens (tertiary/aromatic N) is 3. The minimum atomic E-state index is -1.22. The summed E-state index contributed by atoms with van der Waals surface area (Å²) in [6.45, 7) is 0. The molecule has 8 nitrogen and oxygen atoms in total. The number of nitro groups is 1. The summed E-state index contributed by atoms with van der Waals surface area (Å²) in [6, 6.07) is 5.29. The Bertz CT molecular complexity index is 650. The zero-order chi connectivity index (χ0) is 14.0. The number of hydrogen-bond donors (Lipinski definition) is 2. The van der Waals surface area contributed by atoms with Crippen molar-refractivity contribution in [2.45, 2.75) is 0 Å². The molecule has 0 fully saturated rings. The van der Waals surface area contributed by atoms with Crippen LogP contribution in [0.25, 0.3) is 0 Å². The number of hydrogen-bond acceptors (Lipinski definition) is 5. The van der Waals surface area contributed by atoms with Crippen molar-refractivity contribution in [3.05, 3.63) is 46.1 Å². The third-order valence-electron chi connectivity index (χ3n) is 2.42. The molecule has 0 bridgehead atoms. The van der Waals surface area contributed by atoms with Crippen LogP contribution in [0, 0.1) is 10.1 Å². The maximum atomic E-state index is 10.9. The van der Waals surface area contributed by atoms with E-state index in [-0.39, 0.29) is 16.9 Å². The average Bonchev–Trinajstić information content (AvgIpc) is 2.74. The van der Waals surface area contributed by atoms with Crippen LogP contribution in [0.5, 0.6) is 0 Å². The molecule has 0 aliphatic rings. The molecule has 2 N–H and O–H groups in total. The highest BCUT2D eigenvalue weighted by molar-refractivity contribution is 5.90. The van der Waals surface area contributed by atoms with Crippen LogP contribution in [-0.2, 0) is 7.05 Å². The number of aromatic carboxylic acids is 1. The van der Waals surface area contributed by atoms with Crippen molar-refractivity contribution in [3.8, 4) is 0 Å². The van der Waals surface area contributed by atoms with Gasteiger partial charge in [-0.25, -0.2) is 4.79 Å². The maximum Gasteiger partial charge on any atom is 0.335 e. The molecule has 1 heterocycles. The molecule has 1 aromatic heterocycles. The quantitative estimate of drug-likeness (QED) is 0.641. The van der Waals surface area contributed by atoms with Crippen LogP contribution in [0.15, 0.2) is 30.5 Å². The van der Waals surface area contributed by atoms with E-state index < -0.39 is 10.9 Å². The molecule has 2 aromatic rings. The molecule has 0 saturated heterocycles. The Kier molecular flexibility index (Phi) is 3.15. The van der Waals surface area contributed by atoms with Crippen molar-refractivity contribution in [1.82, 2.24) is 9.78 Å². The van der Waals surface area contributed by atoms with Crippen LogP contribution in [-0.4, -0.2) is 25.8 Å². The van der Waals surface area contributed by atoms with E-state index in [0.717, 1.165) is 6.07 Å². The van der Waals surface area contributed by atoms with Gasteiger partial charge >= 0.3 is 5.97 Å². The first-order valence-corrected chi connectivity index (χ1v) is 5.26. The molecule has 0 aliphatic heterocycles. The number of aromatic nitrogens is 2. The monoisotopic (exact) mass is 262 g/mol. The topological polar surface area (TPSA) is 110 Å². The molecule has 0 atom stereocenters. The molecule has 0 radical (unpaired) electrons. The Labute approximate surface area is 107 Å². The van der Waals surface area contributed by atoms with Crippen molar-refractivity contribution in [2.24, 2.45) is 7.05 Å². The standard InChI is InChI=1S/C11H10N4O4/c1-14-5-4-10(13-14)12-8-3-2-7(11(16)17)6-9(8)15(18)19/h2-6H,1H3,(H,12,13)(H,16,17). The third kappa shape index (κ3) is 2.68. The lowest BCUT2D eigenvalue weighted by Gasteiger charge is -2.05. The summed E-state index contributed by atoms with van der Waals surface area (Å²) in [6.07, 6.45) is 1.68. The van der Waals surface area contributed by atoms with Gasteiger partial charge in [0.1, 0.15) is 5.69 Å². The number of aryl methyl sites for hydroxylation is 1. The lowest BCUT2D eigenvalue weighted by atomic mass is 10.1. The highest BCUT2D eigenvalue weighted by atomic mass is 16.6. The van der Waals surface area contributed by atoms with Gasteiger partial charge in [0.15, 0.2) is 5.82 Å². The fraction of sp³-hybridized carbons (Fsp3) is 0.0909. The predicted molar refractivity (Wildman–Crippen MR) is 66.5 cm³/mol. The lowest BCUT2D eigenvalue weighted by Crippen LogP contribution is -2.02. The minimum Gasteiger partial charge on any atom is -0.478 e. The summed E-state index contributed by atoms with van der Waals surface area (Å²) in [5.74, 6) is -0.777. The highest BCUT2D eigenvalue weighted by Crippen LogP contribution is 2.28. The van der Waals surface area contributed by atoms with Gasteiger partial charge in [-0.2, -0.15) is 5.10 Å². The minimum absolute atomic E-state index is 0.140. The van der Waals surface area contributed by atoms with Gasteiger partial charge in [0.05, 0.1) is 10.5 Å². The molecule has 0 aliphatic carbocycles. The van der Waals surface area contributed by atoms with Gasteiger partial charge in [-0.1, -0.05) is 0 Å². The van der Waals surface area contributed by atoms with Crippen molar-refractivity contribution in [3.63, 3.8) is 0 Å². The zero-order valence-corrected chi connectivity index (χ0v) is 9.90. The molecule has 2 rings (SSSR count). The molecule has 0 unspecified atom stereocenters. The second kappa shape index (κ2) is 4.77. The van der Waals surface area contributed by atoms with E-state index in [2.05, 4.69) is 10.4 Å². The largest absolute Gasteiger partial charge is 0.478 e. The van der Waals surface area contributed by atoms with E-state index >= 15 is 0 Å². The van der Waals surface area contributed by atoms with Gasteiger partial charge in [-0.05, 0) is 12.1 Å². The molecular formula is C11H10N4O4. The van der Waals surface area contributed by atoms with E-state index in [0.29, 0.717) is 5.82 Å². The number of nitrogens with one attached hydrogen (secondary N) is 1. The number of benzene rings is 1. The molecule has 19 heavy (non-hydrogen) atoms. The Morgan fingerprint density at radius 3 is 2.74 bits per heavy atom. The summed E-state index contributed by atoms with van der Waals surface area (Å²) in [5, 5.41) is 26.6. The second-order valence-electron chi connectivity index (χ2n) is 3.79. The summed E-state index contributed by atoms with van der Waals surface area (Å²) in [7, 11) is 1.72. The van der Waals surface area contributed by atoms with Crippen LogP contribution >= 0.6 is 0 Å². The van der Waals surface area contributed by atoms with Crippen molar-refractivity contribution in [1.29, 1.82) is 0 Å². The van der Waals surface area contributed by atoms with Crippen LogP contribution < -0.4 is 5.32 Å². The summed E-state index contributed by atoms with van der Waals surface area (Å²) >= 11 is 0. The van der Waals surface area contributed by atoms with Crippen molar-refractivity contribution < 1.29 is 14.8 Å². The van der Waals surface area contributed by atoms with E-state index in [9.17, 15) is 14.9 Å². The number of anilines is 2. The SMILES string of the molecule is Cn1ccc(Nc2ccc(C(=O)O)cc2[N+](=O)[O-])n1. The zero-order valence-electron chi connectivity index (χ0n) is 9.90. The second-order valence-corrected chi connectivity index (χ2v) is 3.79. The number of carboxylic acid groups (broad SMARTS) is 1. The molecule has 98 valence electrons. The molecule has 0 saturated carbocycles. The van der Waals surface area contributed by atoms with Crippen molar-refractivity contribution in [2.75, 3.05) is 5.32 Å². The maximum absolute atomic E-state index is 10.9. The van der Waals surface area contributed by atoms with E-state index in [4.69, 9.17) is 5.11 Å². The molecule has 8 heteroatoms. The third-order valence-corrected chi connectivity index (χ3v) is 2.42. The van der Waals surface area contributed by atoms with E-state index in [1.54, 1.807) is 24.0 Å². The van der Waals surface area contributed by atoms with Crippen LogP contribution in [0.1, 0.15) is 10.4 Å². The molecule has 0 spiro atoms. The Balaban J connectivity index is 2.39. The summed E-state index contributed by atoms with van der Waals surface area (Å²) in [5.41, 5.74) is -0.266. The van der Waals surface area contributed by atoms with Gasteiger partial charge in [-0.15, -0.1) is 0 Å². The molecule has 1 aromatic carbocycles. The van der Waals surface area contributed by atoms with Gasteiger partial charge in [0.2, 0.25) is 0 Å². The Morgan fingerprint density at radius 2 is 2.21 bits per heavy atom. The lowest BCUT2D eigenvalue weighted by molar-refractivity contribution is -0.383. The smallest absolute Gasteiger partial charge is 0.335 e. The fourth-order valence-electron chi connectivity index (χ4n) is 1.54. The van der Waals surface area contributed by atoms with Crippen LogP contribution in [0.4, 0.5) is 17.2 Å². The normalized spacial score (nSPS) is 10.2. The summed E-state index contributed by atoms with van der Waals surface area (Å²) < 4.78 is 1.54. The Morgan fingerprint density at radius 1 is 1.47 bits per heavy atom. The van der Waals surface area contributed by atoms with Crippen LogP contribution in [0.2, 0.25) is 0 Å². The van der Waals surface area contributed by atoms with E-state index in [1.807, 2.05) is 0 Å². The predicted octanol–water partition coefficient (Wildman–Crippen LogP) is 1.77. The summed E-state index contributed by atoms with van der Waals surface area (Å²) in [4.78, 5) is 21.1. The number of carbonyl (C=O) groups is 1. The average molecular weight is 262 g/mol. The first-order chi connectivity index (χ1) is 8.97. The van der Waals surface area contributed by atoms with Crippen LogP contribution in [0.3, 0.4) is 0 Å². The first kappa shape index (κ1) is 12.6. The van der Waals surface area contributed by atoms with E-state index in [1.165, 1.54) is 12.1 Å². The first-order valence-electron chi connectivity index (χ1n) is 5.26. The number of nitro benzene ring substituents is 1. The van der Waals surface area contributed by atoms with Gasteiger partial charge in [0, 0.05) is 25.4 Å².